The number of esters is 1. The highest BCUT2D eigenvalue weighted by Crippen LogP contribution is 2.33. The number of methoxy groups -OCH3 is 1. The Labute approximate surface area is 129 Å². The van der Waals surface area contributed by atoms with Crippen LogP contribution in [0, 0.1) is 6.92 Å². The van der Waals surface area contributed by atoms with Gasteiger partial charge in [0.1, 0.15) is 16.7 Å². The van der Waals surface area contributed by atoms with Crippen molar-refractivity contribution in [1.82, 2.24) is 0 Å². The van der Waals surface area contributed by atoms with Crippen LogP contribution in [0.5, 0.6) is 5.75 Å². The van der Waals surface area contributed by atoms with Gasteiger partial charge >= 0.3 is 5.97 Å². The SMILES string of the molecule is COC(=O)c1cc(C)c(Cl)c2oc3cccc(O)c3c(=O)c12. The van der Waals surface area contributed by atoms with Gasteiger partial charge in [-0.3, -0.25) is 4.79 Å². The van der Waals surface area contributed by atoms with Crippen molar-refractivity contribution in [1.29, 1.82) is 0 Å². The molecular formula is C16H11ClO5. The van der Waals surface area contributed by atoms with E-state index in [1.165, 1.54) is 19.2 Å². The van der Waals surface area contributed by atoms with Crippen LogP contribution in [-0.2, 0) is 4.74 Å². The highest BCUT2D eigenvalue weighted by Gasteiger charge is 2.22. The Morgan fingerprint density at radius 3 is 2.73 bits per heavy atom. The van der Waals surface area contributed by atoms with E-state index in [1.807, 2.05) is 0 Å². The number of phenolic OH excluding ortho intramolecular Hbond substituents is 1. The fourth-order valence-electron chi connectivity index (χ4n) is 2.42. The average Bonchev–Trinajstić information content (AvgIpc) is 2.50. The lowest BCUT2D eigenvalue weighted by Gasteiger charge is -2.10. The molecule has 0 bridgehead atoms. The summed E-state index contributed by atoms with van der Waals surface area (Å²) in [4.78, 5) is 24.7. The van der Waals surface area contributed by atoms with Crippen LogP contribution in [-0.4, -0.2) is 18.2 Å². The van der Waals surface area contributed by atoms with Crippen LogP contribution in [0.15, 0.2) is 33.5 Å². The van der Waals surface area contributed by atoms with Crippen molar-refractivity contribution in [3.8, 4) is 5.75 Å². The largest absolute Gasteiger partial charge is 0.507 e. The van der Waals surface area contributed by atoms with E-state index >= 15 is 0 Å². The zero-order valence-corrected chi connectivity index (χ0v) is 12.5. The predicted octanol–water partition coefficient (Wildman–Crippen LogP) is 3.40. The van der Waals surface area contributed by atoms with Gasteiger partial charge in [0.15, 0.2) is 5.58 Å². The summed E-state index contributed by atoms with van der Waals surface area (Å²) in [5.41, 5.74) is 0.401. The molecule has 0 aliphatic rings. The van der Waals surface area contributed by atoms with Gasteiger partial charge < -0.3 is 14.3 Å². The quantitative estimate of drug-likeness (QED) is 0.549. The smallest absolute Gasteiger partial charge is 0.338 e. The lowest BCUT2D eigenvalue weighted by Crippen LogP contribution is -2.11. The minimum Gasteiger partial charge on any atom is -0.507 e. The van der Waals surface area contributed by atoms with Gasteiger partial charge in [0.2, 0.25) is 5.43 Å². The molecule has 0 radical (unpaired) electrons. The number of hydrogen-bond donors (Lipinski definition) is 1. The molecule has 1 heterocycles. The molecule has 0 saturated carbocycles. The van der Waals surface area contributed by atoms with E-state index in [2.05, 4.69) is 0 Å². The number of aryl methyl sites for hydroxylation is 1. The minimum atomic E-state index is -0.674. The number of rotatable bonds is 1. The third-order valence-corrected chi connectivity index (χ3v) is 3.95. The van der Waals surface area contributed by atoms with Gasteiger partial charge in [-0.1, -0.05) is 17.7 Å². The molecule has 0 fully saturated rings. The van der Waals surface area contributed by atoms with Gasteiger partial charge in [-0.05, 0) is 30.7 Å². The fraction of sp³-hybridized carbons (Fsp3) is 0.125. The maximum atomic E-state index is 12.7. The summed E-state index contributed by atoms with van der Waals surface area (Å²) in [6.45, 7) is 1.70. The number of fused-ring (bicyclic) bond motifs is 2. The zero-order chi connectivity index (χ0) is 16.0. The molecule has 1 aromatic heterocycles. The predicted molar refractivity (Wildman–Crippen MR) is 82.7 cm³/mol. The first-order chi connectivity index (χ1) is 10.5. The number of carbonyl (C=O) groups excluding carboxylic acids is 1. The second-order valence-electron chi connectivity index (χ2n) is 4.83. The van der Waals surface area contributed by atoms with Crippen molar-refractivity contribution in [3.63, 3.8) is 0 Å². The normalized spacial score (nSPS) is 11.0. The molecule has 0 aliphatic heterocycles. The number of benzene rings is 2. The molecule has 1 N–H and O–H groups in total. The highest BCUT2D eigenvalue weighted by molar-refractivity contribution is 6.36. The van der Waals surface area contributed by atoms with Gasteiger partial charge in [0.05, 0.1) is 23.1 Å². The van der Waals surface area contributed by atoms with E-state index in [9.17, 15) is 14.7 Å². The van der Waals surface area contributed by atoms with Crippen molar-refractivity contribution in [2.75, 3.05) is 7.11 Å². The number of carbonyl (C=O) groups is 1. The van der Waals surface area contributed by atoms with Gasteiger partial charge in [-0.2, -0.15) is 0 Å². The molecule has 3 rings (SSSR count). The van der Waals surface area contributed by atoms with Crippen LogP contribution in [0.1, 0.15) is 15.9 Å². The van der Waals surface area contributed by atoms with Crippen LogP contribution in [0.4, 0.5) is 0 Å². The third-order valence-electron chi connectivity index (χ3n) is 3.48. The van der Waals surface area contributed by atoms with E-state index < -0.39 is 11.4 Å². The lowest BCUT2D eigenvalue weighted by atomic mass is 10.0. The first-order valence-electron chi connectivity index (χ1n) is 6.41. The summed E-state index contributed by atoms with van der Waals surface area (Å²) in [5, 5.41) is 10.2. The molecule has 0 aliphatic carbocycles. The molecule has 0 unspecified atom stereocenters. The molecule has 112 valence electrons. The topological polar surface area (TPSA) is 76.7 Å². The fourth-order valence-corrected chi connectivity index (χ4v) is 2.61. The van der Waals surface area contributed by atoms with Crippen LogP contribution in [0.3, 0.4) is 0 Å². The zero-order valence-electron chi connectivity index (χ0n) is 11.8. The molecule has 0 atom stereocenters. The highest BCUT2D eigenvalue weighted by atomic mass is 35.5. The van der Waals surface area contributed by atoms with Gasteiger partial charge in [0, 0.05) is 0 Å². The number of aromatic hydroxyl groups is 1. The summed E-state index contributed by atoms with van der Waals surface area (Å²) >= 11 is 6.21. The molecule has 6 heteroatoms. The van der Waals surface area contributed by atoms with Crippen LogP contribution >= 0.6 is 11.6 Å². The van der Waals surface area contributed by atoms with E-state index in [1.54, 1.807) is 19.1 Å². The van der Waals surface area contributed by atoms with Crippen molar-refractivity contribution in [3.05, 3.63) is 50.6 Å². The number of halogens is 1. The Bertz CT molecular complexity index is 987. The molecule has 5 nitrogen and oxygen atoms in total. The molecule has 22 heavy (non-hydrogen) atoms. The summed E-state index contributed by atoms with van der Waals surface area (Å²) in [5.74, 6) is -0.896. The lowest BCUT2D eigenvalue weighted by molar-refractivity contribution is 0.0602. The van der Waals surface area contributed by atoms with E-state index in [0.717, 1.165) is 0 Å². The Morgan fingerprint density at radius 2 is 2.05 bits per heavy atom. The molecular weight excluding hydrogens is 308 g/mol. The van der Waals surface area contributed by atoms with E-state index in [0.29, 0.717) is 5.56 Å². The Morgan fingerprint density at radius 1 is 1.32 bits per heavy atom. The van der Waals surface area contributed by atoms with Crippen molar-refractivity contribution in [2.45, 2.75) is 6.92 Å². The van der Waals surface area contributed by atoms with Crippen molar-refractivity contribution in [2.24, 2.45) is 0 Å². The molecule has 0 saturated heterocycles. The summed E-state index contributed by atoms with van der Waals surface area (Å²) in [6, 6.07) is 5.95. The summed E-state index contributed by atoms with van der Waals surface area (Å²) in [6.07, 6.45) is 0. The second-order valence-corrected chi connectivity index (χ2v) is 5.21. The van der Waals surface area contributed by atoms with Crippen LogP contribution in [0.25, 0.3) is 21.9 Å². The minimum absolute atomic E-state index is 0.0000674. The number of ether oxygens (including phenoxy) is 1. The second kappa shape index (κ2) is 5.03. The van der Waals surface area contributed by atoms with Gasteiger partial charge in [-0.15, -0.1) is 0 Å². The summed E-state index contributed by atoms with van der Waals surface area (Å²) < 4.78 is 10.4. The Kier molecular flexibility index (Phi) is 3.30. The molecule has 3 aromatic rings. The Hall–Kier alpha value is -2.53. The molecule has 0 amide bonds. The van der Waals surface area contributed by atoms with Gasteiger partial charge in [0.25, 0.3) is 0 Å². The molecule has 0 spiro atoms. The van der Waals surface area contributed by atoms with E-state index in [-0.39, 0.29) is 38.3 Å². The first kappa shape index (κ1) is 14.4. The van der Waals surface area contributed by atoms with Crippen LogP contribution < -0.4 is 5.43 Å². The third kappa shape index (κ3) is 1.94. The van der Waals surface area contributed by atoms with Crippen molar-refractivity contribution >= 4 is 39.5 Å². The standard InChI is InChI=1S/C16H11ClO5/c1-7-6-8(16(20)21-2)11-14(19)12-9(18)4-3-5-10(12)22-15(11)13(7)17/h3-6,18H,1-2H3. The monoisotopic (exact) mass is 318 g/mol. The number of phenols is 1. The summed E-state index contributed by atoms with van der Waals surface area (Å²) in [7, 11) is 1.22. The maximum Gasteiger partial charge on any atom is 0.338 e. The van der Waals surface area contributed by atoms with Crippen LogP contribution in [0.2, 0.25) is 5.02 Å². The van der Waals surface area contributed by atoms with Crippen molar-refractivity contribution < 1.29 is 19.1 Å². The number of hydrogen-bond acceptors (Lipinski definition) is 5. The Balaban J connectivity index is 2.64. The van der Waals surface area contributed by atoms with E-state index in [4.69, 9.17) is 20.8 Å². The van der Waals surface area contributed by atoms with Gasteiger partial charge in [-0.25, -0.2) is 4.79 Å². The maximum absolute atomic E-state index is 12.7. The first-order valence-corrected chi connectivity index (χ1v) is 6.79. The molecule has 2 aromatic carbocycles. The average molecular weight is 319 g/mol.